The molecule has 0 saturated heterocycles. The number of aromatic amines is 1. The van der Waals surface area contributed by atoms with E-state index in [0.717, 1.165) is 16.6 Å². The molecule has 7 heteroatoms. The summed E-state index contributed by atoms with van der Waals surface area (Å²) in [7, 11) is 0. The third-order valence-corrected chi connectivity index (χ3v) is 4.36. The zero-order valence-electron chi connectivity index (χ0n) is 15.2. The number of ether oxygens (including phenoxy) is 1. The van der Waals surface area contributed by atoms with Crippen molar-refractivity contribution in [2.75, 3.05) is 5.32 Å². The second-order valence-electron chi connectivity index (χ2n) is 6.40. The average Bonchev–Trinajstić information content (AvgIpc) is 3.13. The molecule has 5 nitrogen and oxygen atoms in total. The number of aromatic nitrogens is 2. The predicted molar refractivity (Wildman–Crippen MR) is 107 cm³/mol. The van der Waals surface area contributed by atoms with E-state index in [4.69, 9.17) is 0 Å². The number of carbonyl (C=O) groups excluding carboxylic acids is 1. The number of alkyl halides is 2. The Balaban J connectivity index is 1.50. The summed E-state index contributed by atoms with van der Waals surface area (Å²) >= 11 is 0. The van der Waals surface area contributed by atoms with Gasteiger partial charge in [0, 0.05) is 5.56 Å². The second-order valence-corrected chi connectivity index (χ2v) is 6.40. The van der Waals surface area contributed by atoms with Gasteiger partial charge in [-0.3, -0.25) is 4.79 Å². The minimum Gasteiger partial charge on any atom is -0.435 e. The molecule has 146 valence electrons. The molecule has 0 saturated carbocycles. The third kappa shape index (κ3) is 4.40. The summed E-state index contributed by atoms with van der Waals surface area (Å²) in [6, 6.07) is 21.1. The maximum Gasteiger partial charge on any atom is 0.387 e. The van der Waals surface area contributed by atoms with Gasteiger partial charge in [-0.15, -0.1) is 0 Å². The molecule has 29 heavy (non-hydrogen) atoms. The smallest absolute Gasteiger partial charge is 0.387 e. The lowest BCUT2D eigenvalue weighted by Gasteiger charge is -2.10. The first-order valence-corrected chi connectivity index (χ1v) is 8.96. The fourth-order valence-corrected chi connectivity index (χ4v) is 3.05. The van der Waals surface area contributed by atoms with Gasteiger partial charge in [-0.25, -0.2) is 4.98 Å². The van der Waals surface area contributed by atoms with Gasteiger partial charge >= 0.3 is 6.61 Å². The number of amides is 1. The van der Waals surface area contributed by atoms with Crippen molar-refractivity contribution in [1.29, 1.82) is 0 Å². The van der Waals surface area contributed by atoms with Gasteiger partial charge in [-0.05, 0) is 42.0 Å². The number of para-hydroxylation sites is 3. The van der Waals surface area contributed by atoms with Crippen molar-refractivity contribution in [2.45, 2.75) is 13.0 Å². The topological polar surface area (TPSA) is 67.0 Å². The quantitative estimate of drug-likeness (QED) is 0.484. The van der Waals surface area contributed by atoms with Gasteiger partial charge in [0.2, 0.25) is 5.91 Å². The maximum absolute atomic E-state index is 12.5. The van der Waals surface area contributed by atoms with E-state index in [2.05, 4.69) is 20.0 Å². The fraction of sp³-hybridized carbons (Fsp3) is 0.0909. The molecule has 0 aliphatic rings. The van der Waals surface area contributed by atoms with Crippen molar-refractivity contribution in [2.24, 2.45) is 0 Å². The molecule has 1 heterocycles. The van der Waals surface area contributed by atoms with Crippen LogP contribution in [0.1, 0.15) is 5.56 Å². The van der Waals surface area contributed by atoms with E-state index in [-0.39, 0.29) is 18.1 Å². The van der Waals surface area contributed by atoms with Gasteiger partial charge < -0.3 is 15.0 Å². The van der Waals surface area contributed by atoms with Gasteiger partial charge in [0.05, 0.1) is 23.1 Å². The molecule has 0 unspecified atom stereocenters. The summed E-state index contributed by atoms with van der Waals surface area (Å²) in [5.74, 6) is 0.492. The first-order chi connectivity index (χ1) is 14.1. The van der Waals surface area contributed by atoms with Crippen LogP contribution in [-0.4, -0.2) is 22.5 Å². The summed E-state index contributed by atoms with van der Waals surface area (Å²) in [4.78, 5) is 20.4. The Labute approximate surface area is 165 Å². The lowest BCUT2D eigenvalue weighted by atomic mass is 10.1. The van der Waals surface area contributed by atoms with Crippen LogP contribution >= 0.6 is 0 Å². The molecule has 0 atom stereocenters. The number of carbonyl (C=O) groups is 1. The SMILES string of the molecule is O=C(Cc1ccc(OC(F)F)cc1)Nc1ccccc1-c1nc2ccccc2[nH]1. The predicted octanol–water partition coefficient (Wildman–Crippen LogP) is 5.01. The molecule has 0 radical (unpaired) electrons. The number of H-pyrrole nitrogens is 1. The highest BCUT2D eigenvalue weighted by Crippen LogP contribution is 2.27. The molecular weight excluding hydrogens is 376 g/mol. The van der Waals surface area contributed by atoms with Crippen molar-refractivity contribution in [3.05, 3.63) is 78.4 Å². The highest BCUT2D eigenvalue weighted by molar-refractivity contribution is 5.96. The van der Waals surface area contributed by atoms with Crippen LogP contribution in [0.3, 0.4) is 0 Å². The van der Waals surface area contributed by atoms with Gasteiger partial charge in [0.15, 0.2) is 0 Å². The monoisotopic (exact) mass is 393 g/mol. The molecule has 3 aromatic carbocycles. The number of fused-ring (bicyclic) bond motifs is 1. The van der Waals surface area contributed by atoms with Crippen LogP contribution in [0.25, 0.3) is 22.4 Å². The number of nitrogens with one attached hydrogen (secondary N) is 2. The number of hydrogen-bond donors (Lipinski definition) is 2. The number of anilines is 1. The summed E-state index contributed by atoms with van der Waals surface area (Å²) < 4.78 is 28.8. The van der Waals surface area contributed by atoms with E-state index in [1.54, 1.807) is 18.2 Å². The summed E-state index contributed by atoms with van der Waals surface area (Å²) in [5.41, 5.74) is 3.85. The third-order valence-electron chi connectivity index (χ3n) is 4.36. The molecule has 0 fully saturated rings. The lowest BCUT2D eigenvalue weighted by Crippen LogP contribution is -2.15. The molecule has 0 bridgehead atoms. The normalized spacial score (nSPS) is 11.0. The second kappa shape index (κ2) is 8.10. The number of imidazole rings is 1. The minimum atomic E-state index is -2.88. The average molecular weight is 393 g/mol. The van der Waals surface area contributed by atoms with Crippen LogP contribution in [0.2, 0.25) is 0 Å². The van der Waals surface area contributed by atoms with Crippen LogP contribution in [0.4, 0.5) is 14.5 Å². The highest BCUT2D eigenvalue weighted by Gasteiger charge is 2.12. The minimum absolute atomic E-state index is 0.0550. The Bertz CT molecular complexity index is 1110. The van der Waals surface area contributed by atoms with E-state index < -0.39 is 6.61 Å². The van der Waals surface area contributed by atoms with Gasteiger partial charge in [-0.1, -0.05) is 36.4 Å². The molecule has 1 aromatic heterocycles. The van der Waals surface area contributed by atoms with Crippen LogP contribution in [0.5, 0.6) is 5.75 Å². The Morgan fingerprint density at radius 1 is 1.00 bits per heavy atom. The molecule has 0 aliphatic carbocycles. The largest absolute Gasteiger partial charge is 0.435 e. The van der Waals surface area contributed by atoms with E-state index in [1.807, 2.05) is 42.5 Å². The van der Waals surface area contributed by atoms with Crippen LogP contribution < -0.4 is 10.1 Å². The number of halogens is 2. The summed E-state index contributed by atoms with van der Waals surface area (Å²) in [5, 5.41) is 2.90. The number of hydrogen-bond acceptors (Lipinski definition) is 3. The fourth-order valence-electron chi connectivity index (χ4n) is 3.05. The first-order valence-electron chi connectivity index (χ1n) is 8.96. The van der Waals surface area contributed by atoms with E-state index >= 15 is 0 Å². The molecule has 4 aromatic rings. The van der Waals surface area contributed by atoms with E-state index in [1.165, 1.54) is 12.1 Å². The van der Waals surface area contributed by atoms with E-state index in [0.29, 0.717) is 17.1 Å². The molecule has 1 amide bonds. The Morgan fingerprint density at radius 2 is 1.72 bits per heavy atom. The van der Waals surface area contributed by atoms with Gasteiger partial charge in [0.25, 0.3) is 0 Å². The summed E-state index contributed by atoms with van der Waals surface area (Å²) in [6.45, 7) is -2.88. The van der Waals surface area contributed by atoms with Crippen LogP contribution in [0.15, 0.2) is 72.8 Å². The zero-order valence-corrected chi connectivity index (χ0v) is 15.2. The Kier molecular flexibility index (Phi) is 5.20. The molecule has 2 N–H and O–H groups in total. The number of nitrogens with zero attached hydrogens (tertiary/aromatic N) is 1. The van der Waals surface area contributed by atoms with Crippen LogP contribution in [0, 0.1) is 0 Å². The first kappa shape index (κ1) is 18.6. The molecular formula is C22H17F2N3O2. The Hall–Kier alpha value is -3.74. The van der Waals surface area contributed by atoms with Crippen molar-refractivity contribution in [3.8, 4) is 17.1 Å². The maximum atomic E-state index is 12.5. The van der Waals surface area contributed by atoms with Crippen molar-refractivity contribution in [1.82, 2.24) is 9.97 Å². The zero-order chi connectivity index (χ0) is 20.2. The highest BCUT2D eigenvalue weighted by atomic mass is 19.3. The van der Waals surface area contributed by atoms with E-state index in [9.17, 15) is 13.6 Å². The molecule has 0 spiro atoms. The van der Waals surface area contributed by atoms with Gasteiger partial charge in [0.1, 0.15) is 11.6 Å². The van der Waals surface area contributed by atoms with Crippen LogP contribution in [-0.2, 0) is 11.2 Å². The molecule has 4 rings (SSSR count). The van der Waals surface area contributed by atoms with Gasteiger partial charge in [-0.2, -0.15) is 8.78 Å². The van der Waals surface area contributed by atoms with Crippen molar-refractivity contribution >= 4 is 22.6 Å². The standard InChI is InChI=1S/C22H17F2N3O2/c23-22(24)29-15-11-9-14(10-12-15)13-20(28)25-17-6-2-1-5-16(17)21-26-18-7-3-4-8-19(18)27-21/h1-12,22H,13H2,(H,25,28)(H,26,27). The van der Waals surface area contributed by atoms with Crippen molar-refractivity contribution in [3.63, 3.8) is 0 Å². The lowest BCUT2D eigenvalue weighted by molar-refractivity contribution is -0.115. The number of benzene rings is 3. The Morgan fingerprint density at radius 3 is 2.48 bits per heavy atom. The molecule has 0 aliphatic heterocycles. The van der Waals surface area contributed by atoms with Crippen molar-refractivity contribution < 1.29 is 18.3 Å². The summed E-state index contributed by atoms with van der Waals surface area (Å²) in [6.07, 6.45) is 0.101. The number of rotatable bonds is 6.